The maximum Gasteiger partial charge on any atom is 0.263 e. The fourth-order valence-corrected chi connectivity index (χ4v) is 5.04. The number of carbonyl (C=O) groups is 1. The SMILES string of the molecule is CN1CCC2(c3ccccc3)CCN(C(=O)c3cccs3)CC12. The Kier molecular flexibility index (Phi) is 3.74. The van der Waals surface area contributed by atoms with Crippen molar-refractivity contribution in [3.8, 4) is 0 Å². The molecule has 120 valence electrons. The van der Waals surface area contributed by atoms with Crippen LogP contribution in [0.2, 0.25) is 0 Å². The predicted octanol–water partition coefficient (Wildman–Crippen LogP) is 3.24. The van der Waals surface area contributed by atoms with Crippen LogP contribution < -0.4 is 0 Å². The molecule has 1 aromatic carbocycles. The van der Waals surface area contributed by atoms with Gasteiger partial charge in [0, 0.05) is 24.5 Å². The van der Waals surface area contributed by atoms with Crippen LogP contribution in [-0.4, -0.2) is 48.4 Å². The van der Waals surface area contributed by atoms with Crippen molar-refractivity contribution in [3.63, 3.8) is 0 Å². The van der Waals surface area contributed by atoms with Gasteiger partial charge in [0.1, 0.15) is 0 Å². The molecule has 2 saturated heterocycles. The normalized spacial score (nSPS) is 27.9. The summed E-state index contributed by atoms with van der Waals surface area (Å²) in [5.74, 6) is 0.196. The third-order valence-corrected chi connectivity index (χ3v) is 6.53. The third kappa shape index (κ3) is 2.41. The molecule has 4 heteroatoms. The van der Waals surface area contributed by atoms with Crippen molar-refractivity contribution >= 4 is 17.2 Å². The number of nitrogens with zero attached hydrogens (tertiary/aromatic N) is 2. The standard InChI is InChI=1S/C19H22N2OS/c1-20-11-9-19(15-6-3-2-4-7-15)10-12-21(14-17(19)20)18(22)16-8-5-13-23-16/h2-8,13,17H,9-12,14H2,1H3. The summed E-state index contributed by atoms with van der Waals surface area (Å²) in [5.41, 5.74) is 1.65. The molecule has 1 amide bonds. The molecule has 4 rings (SSSR count). The second-order valence-electron chi connectivity index (χ2n) is 6.75. The number of hydrogen-bond donors (Lipinski definition) is 0. The van der Waals surface area contributed by atoms with Crippen molar-refractivity contribution in [1.82, 2.24) is 9.80 Å². The van der Waals surface area contributed by atoms with Crippen LogP contribution in [0.4, 0.5) is 0 Å². The van der Waals surface area contributed by atoms with Gasteiger partial charge in [0.2, 0.25) is 0 Å². The summed E-state index contributed by atoms with van der Waals surface area (Å²) in [7, 11) is 2.20. The number of piperidine rings is 1. The average molecular weight is 326 g/mol. The molecule has 0 radical (unpaired) electrons. The van der Waals surface area contributed by atoms with E-state index in [1.807, 2.05) is 17.5 Å². The first-order chi connectivity index (χ1) is 11.2. The molecule has 3 nitrogen and oxygen atoms in total. The van der Waals surface area contributed by atoms with Gasteiger partial charge >= 0.3 is 0 Å². The Hall–Kier alpha value is -1.65. The van der Waals surface area contributed by atoms with E-state index in [1.165, 1.54) is 12.0 Å². The van der Waals surface area contributed by atoms with Gasteiger partial charge in [0.25, 0.3) is 5.91 Å². The minimum absolute atomic E-state index is 0.196. The average Bonchev–Trinajstić information content (AvgIpc) is 3.24. The molecule has 23 heavy (non-hydrogen) atoms. The summed E-state index contributed by atoms with van der Waals surface area (Å²) >= 11 is 1.54. The molecular formula is C19H22N2OS. The van der Waals surface area contributed by atoms with Crippen molar-refractivity contribution in [1.29, 1.82) is 0 Å². The third-order valence-electron chi connectivity index (χ3n) is 5.67. The van der Waals surface area contributed by atoms with Gasteiger partial charge in [0.15, 0.2) is 0 Å². The summed E-state index contributed by atoms with van der Waals surface area (Å²) in [6, 6.07) is 15.2. The molecule has 2 aromatic rings. The van der Waals surface area contributed by atoms with Crippen LogP contribution >= 0.6 is 11.3 Å². The van der Waals surface area contributed by atoms with Crippen LogP contribution in [-0.2, 0) is 5.41 Å². The molecule has 2 aliphatic heterocycles. The van der Waals surface area contributed by atoms with Crippen molar-refractivity contribution < 1.29 is 4.79 Å². The first kappa shape index (κ1) is 14.9. The number of thiophene rings is 1. The predicted molar refractivity (Wildman–Crippen MR) is 94.0 cm³/mol. The van der Waals surface area contributed by atoms with Crippen LogP contribution in [0.3, 0.4) is 0 Å². The molecule has 0 saturated carbocycles. The van der Waals surface area contributed by atoms with E-state index in [0.29, 0.717) is 6.04 Å². The van der Waals surface area contributed by atoms with E-state index in [-0.39, 0.29) is 11.3 Å². The second kappa shape index (κ2) is 5.77. The molecular weight excluding hydrogens is 304 g/mol. The second-order valence-corrected chi connectivity index (χ2v) is 7.69. The van der Waals surface area contributed by atoms with Crippen molar-refractivity contribution in [2.45, 2.75) is 24.3 Å². The summed E-state index contributed by atoms with van der Waals surface area (Å²) in [4.78, 5) is 18.1. The molecule has 2 atom stereocenters. The number of likely N-dealkylation sites (tertiary alicyclic amines) is 2. The monoisotopic (exact) mass is 326 g/mol. The zero-order chi connectivity index (χ0) is 15.9. The van der Waals surface area contributed by atoms with Gasteiger partial charge in [-0.2, -0.15) is 0 Å². The number of carbonyl (C=O) groups excluding carboxylic acids is 1. The number of likely N-dealkylation sites (N-methyl/N-ethyl adjacent to an activating group) is 1. The van der Waals surface area contributed by atoms with E-state index in [9.17, 15) is 4.79 Å². The largest absolute Gasteiger partial charge is 0.336 e. The van der Waals surface area contributed by atoms with Crippen molar-refractivity contribution in [2.24, 2.45) is 0 Å². The Morgan fingerprint density at radius 2 is 1.91 bits per heavy atom. The molecule has 3 heterocycles. The molecule has 0 aliphatic carbocycles. The fraction of sp³-hybridized carbons (Fsp3) is 0.421. The lowest BCUT2D eigenvalue weighted by Crippen LogP contribution is -2.56. The Labute approximate surface area is 141 Å². The highest BCUT2D eigenvalue weighted by Crippen LogP contribution is 2.45. The van der Waals surface area contributed by atoms with Crippen LogP contribution in [0.5, 0.6) is 0 Å². The van der Waals surface area contributed by atoms with Gasteiger partial charge in [-0.1, -0.05) is 36.4 Å². The lowest BCUT2D eigenvalue weighted by Gasteiger charge is -2.46. The van der Waals surface area contributed by atoms with Gasteiger partial charge in [-0.3, -0.25) is 4.79 Å². The van der Waals surface area contributed by atoms with E-state index < -0.39 is 0 Å². The highest BCUT2D eigenvalue weighted by atomic mass is 32.1. The van der Waals surface area contributed by atoms with Crippen LogP contribution in [0.25, 0.3) is 0 Å². The van der Waals surface area contributed by atoms with Gasteiger partial charge in [-0.05, 0) is 43.4 Å². The smallest absolute Gasteiger partial charge is 0.263 e. The van der Waals surface area contributed by atoms with Gasteiger partial charge in [-0.15, -0.1) is 11.3 Å². The lowest BCUT2D eigenvalue weighted by atomic mass is 9.69. The Bertz CT molecular complexity index is 685. The van der Waals surface area contributed by atoms with Crippen molar-refractivity contribution in [2.75, 3.05) is 26.7 Å². The summed E-state index contributed by atoms with van der Waals surface area (Å²) < 4.78 is 0. The van der Waals surface area contributed by atoms with E-state index in [1.54, 1.807) is 11.3 Å². The Morgan fingerprint density at radius 3 is 2.65 bits per heavy atom. The zero-order valence-corrected chi connectivity index (χ0v) is 14.3. The first-order valence-electron chi connectivity index (χ1n) is 8.29. The minimum Gasteiger partial charge on any atom is -0.336 e. The maximum atomic E-state index is 12.7. The number of hydrogen-bond acceptors (Lipinski definition) is 3. The number of benzene rings is 1. The van der Waals surface area contributed by atoms with Crippen LogP contribution in [0, 0.1) is 0 Å². The first-order valence-corrected chi connectivity index (χ1v) is 9.17. The molecule has 2 fully saturated rings. The van der Waals surface area contributed by atoms with Crippen LogP contribution in [0.15, 0.2) is 47.8 Å². The molecule has 2 unspecified atom stereocenters. The summed E-state index contributed by atoms with van der Waals surface area (Å²) in [5, 5.41) is 1.98. The van der Waals surface area contributed by atoms with E-state index in [2.05, 4.69) is 47.2 Å². The Morgan fingerprint density at radius 1 is 1.13 bits per heavy atom. The lowest BCUT2D eigenvalue weighted by molar-refractivity contribution is 0.0558. The molecule has 2 aliphatic rings. The van der Waals surface area contributed by atoms with Crippen LogP contribution in [0.1, 0.15) is 28.1 Å². The number of rotatable bonds is 2. The highest BCUT2D eigenvalue weighted by Gasteiger charge is 2.50. The molecule has 0 bridgehead atoms. The van der Waals surface area contributed by atoms with E-state index in [0.717, 1.165) is 30.9 Å². The van der Waals surface area contributed by atoms with Crippen molar-refractivity contribution in [3.05, 3.63) is 58.3 Å². The van der Waals surface area contributed by atoms with Gasteiger partial charge in [-0.25, -0.2) is 0 Å². The summed E-state index contributed by atoms with van der Waals surface area (Å²) in [6.07, 6.45) is 2.25. The van der Waals surface area contributed by atoms with E-state index in [4.69, 9.17) is 0 Å². The topological polar surface area (TPSA) is 23.6 Å². The maximum absolute atomic E-state index is 12.7. The van der Waals surface area contributed by atoms with Gasteiger partial charge in [0.05, 0.1) is 4.88 Å². The fourth-order valence-electron chi connectivity index (χ4n) is 4.35. The number of fused-ring (bicyclic) bond motifs is 1. The summed E-state index contributed by atoms with van der Waals surface area (Å²) in [6.45, 7) is 2.80. The zero-order valence-electron chi connectivity index (χ0n) is 13.4. The minimum atomic E-state index is 0.196. The number of amides is 1. The molecule has 1 aromatic heterocycles. The molecule has 0 N–H and O–H groups in total. The molecule has 0 spiro atoms. The van der Waals surface area contributed by atoms with E-state index >= 15 is 0 Å². The van der Waals surface area contributed by atoms with Gasteiger partial charge < -0.3 is 9.80 Å². The highest BCUT2D eigenvalue weighted by molar-refractivity contribution is 7.12. The Balaban J connectivity index is 1.62. The quantitative estimate of drug-likeness (QED) is 0.846.